The van der Waals surface area contributed by atoms with Crippen LogP contribution >= 0.6 is 0 Å². The van der Waals surface area contributed by atoms with Crippen LogP contribution in [0.2, 0.25) is 0 Å². The van der Waals surface area contributed by atoms with Crippen molar-refractivity contribution in [1.82, 2.24) is 0 Å². The third-order valence-electron chi connectivity index (χ3n) is 2.13. The highest BCUT2D eigenvalue weighted by atomic mass is 16.7. The predicted octanol–water partition coefficient (Wildman–Crippen LogP) is -2.60. The van der Waals surface area contributed by atoms with E-state index >= 15 is 0 Å². The van der Waals surface area contributed by atoms with Gasteiger partial charge in [-0.25, -0.2) is 0 Å². The molecule has 1 fully saturated rings. The first-order chi connectivity index (χ1) is 6.11. The normalized spacial score (nSPS) is 46.4. The quantitative estimate of drug-likeness (QED) is 0.383. The van der Waals surface area contributed by atoms with Crippen molar-refractivity contribution in [2.45, 2.75) is 30.7 Å². The molecular weight excluding hydrogens is 178 g/mol. The number of ether oxygens (including phenoxy) is 2. The van der Waals surface area contributed by atoms with E-state index in [1.54, 1.807) is 0 Å². The zero-order valence-corrected chi connectivity index (χ0v) is 7.33. The van der Waals surface area contributed by atoms with Crippen molar-refractivity contribution >= 4 is 0 Å². The average molecular weight is 193 g/mol. The first-order valence-corrected chi connectivity index (χ1v) is 4.04. The molecule has 0 aromatic rings. The van der Waals surface area contributed by atoms with Crippen LogP contribution in [0.1, 0.15) is 0 Å². The van der Waals surface area contributed by atoms with E-state index in [1.165, 1.54) is 7.11 Å². The molecule has 5 atom stereocenters. The van der Waals surface area contributed by atoms with Crippen molar-refractivity contribution in [3.63, 3.8) is 0 Å². The van der Waals surface area contributed by atoms with Gasteiger partial charge in [0.2, 0.25) is 0 Å². The molecule has 13 heavy (non-hydrogen) atoms. The third kappa shape index (κ3) is 1.98. The molecule has 0 saturated carbocycles. The minimum atomic E-state index is -1.28. The molecule has 1 aliphatic rings. The van der Waals surface area contributed by atoms with Crippen LogP contribution in [0.25, 0.3) is 0 Å². The van der Waals surface area contributed by atoms with E-state index in [0.717, 1.165) is 0 Å². The highest BCUT2D eigenvalue weighted by Gasteiger charge is 2.43. The van der Waals surface area contributed by atoms with Crippen LogP contribution in [0, 0.1) is 0 Å². The van der Waals surface area contributed by atoms with Gasteiger partial charge in [-0.15, -0.1) is 0 Å². The van der Waals surface area contributed by atoms with E-state index < -0.39 is 30.7 Å². The van der Waals surface area contributed by atoms with E-state index in [4.69, 9.17) is 15.2 Å². The van der Waals surface area contributed by atoms with Gasteiger partial charge >= 0.3 is 0 Å². The zero-order valence-electron chi connectivity index (χ0n) is 7.33. The maximum absolute atomic E-state index is 9.35. The average Bonchev–Trinajstić information content (AvgIpc) is 2.15. The van der Waals surface area contributed by atoms with Gasteiger partial charge in [0.05, 0.1) is 0 Å². The second-order valence-corrected chi connectivity index (χ2v) is 2.99. The molecule has 0 spiro atoms. The van der Waals surface area contributed by atoms with E-state index in [-0.39, 0.29) is 6.54 Å². The Morgan fingerprint density at radius 2 is 1.85 bits per heavy atom. The van der Waals surface area contributed by atoms with E-state index in [0.29, 0.717) is 0 Å². The summed E-state index contributed by atoms with van der Waals surface area (Å²) in [5.41, 5.74) is 5.28. The Bertz CT molecular complexity index is 147. The Morgan fingerprint density at radius 3 is 2.31 bits per heavy atom. The van der Waals surface area contributed by atoms with Crippen molar-refractivity contribution < 1.29 is 24.8 Å². The van der Waals surface area contributed by atoms with Gasteiger partial charge in [0.15, 0.2) is 6.29 Å². The zero-order chi connectivity index (χ0) is 10.0. The summed E-state index contributed by atoms with van der Waals surface area (Å²) in [6.45, 7) is 0.0603. The smallest absolute Gasteiger partial charge is 0.186 e. The van der Waals surface area contributed by atoms with Gasteiger partial charge in [0, 0.05) is 13.7 Å². The lowest BCUT2D eigenvalue weighted by Crippen LogP contribution is -2.59. The predicted molar refractivity (Wildman–Crippen MR) is 42.7 cm³/mol. The molecular formula is C7H15NO5. The molecule has 5 N–H and O–H groups in total. The van der Waals surface area contributed by atoms with Crippen LogP contribution in [0.15, 0.2) is 0 Å². The number of aliphatic hydroxyl groups excluding tert-OH is 3. The molecule has 78 valence electrons. The number of nitrogens with two attached hydrogens (primary N) is 1. The van der Waals surface area contributed by atoms with Crippen LogP contribution in [0.3, 0.4) is 0 Å². The van der Waals surface area contributed by atoms with E-state index in [1.807, 2.05) is 0 Å². The second kappa shape index (κ2) is 4.32. The maximum atomic E-state index is 9.35. The fourth-order valence-corrected chi connectivity index (χ4v) is 1.31. The van der Waals surface area contributed by atoms with Crippen molar-refractivity contribution in [2.24, 2.45) is 5.73 Å². The summed E-state index contributed by atoms with van der Waals surface area (Å²) in [4.78, 5) is 0. The van der Waals surface area contributed by atoms with Gasteiger partial charge in [-0.05, 0) is 0 Å². The SMILES string of the molecule is CO[C@H]1O[C@H](CN)[C@@H](O)[C@H](O)[C@H]1O. The molecule has 0 radical (unpaired) electrons. The minimum absolute atomic E-state index is 0.0603. The second-order valence-electron chi connectivity index (χ2n) is 2.99. The van der Waals surface area contributed by atoms with Crippen LogP contribution in [0.4, 0.5) is 0 Å². The lowest BCUT2D eigenvalue weighted by Gasteiger charge is -2.39. The fourth-order valence-electron chi connectivity index (χ4n) is 1.31. The van der Waals surface area contributed by atoms with Gasteiger partial charge < -0.3 is 30.5 Å². The summed E-state index contributed by atoms with van der Waals surface area (Å²) in [5, 5.41) is 28.0. The minimum Gasteiger partial charge on any atom is -0.388 e. The fraction of sp³-hybridized carbons (Fsp3) is 1.00. The highest BCUT2D eigenvalue weighted by molar-refractivity contribution is 4.89. The molecule has 1 heterocycles. The molecule has 0 bridgehead atoms. The molecule has 6 heteroatoms. The summed E-state index contributed by atoms with van der Waals surface area (Å²) in [6, 6.07) is 0. The summed E-state index contributed by atoms with van der Waals surface area (Å²) >= 11 is 0. The maximum Gasteiger partial charge on any atom is 0.186 e. The van der Waals surface area contributed by atoms with Crippen molar-refractivity contribution in [3.05, 3.63) is 0 Å². The number of aliphatic hydroxyl groups is 3. The first kappa shape index (κ1) is 10.8. The molecule has 1 saturated heterocycles. The lowest BCUT2D eigenvalue weighted by atomic mass is 9.99. The number of rotatable bonds is 2. The molecule has 6 nitrogen and oxygen atoms in total. The highest BCUT2D eigenvalue weighted by Crippen LogP contribution is 2.20. The Morgan fingerprint density at radius 1 is 1.23 bits per heavy atom. The Labute approximate surface area is 75.9 Å². The number of methoxy groups -OCH3 is 1. The van der Waals surface area contributed by atoms with Gasteiger partial charge in [-0.3, -0.25) is 0 Å². The number of hydrogen-bond acceptors (Lipinski definition) is 6. The molecule has 0 aliphatic carbocycles. The topological polar surface area (TPSA) is 105 Å². The third-order valence-corrected chi connectivity index (χ3v) is 2.13. The van der Waals surface area contributed by atoms with Gasteiger partial charge in [-0.1, -0.05) is 0 Å². The molecule has 0 amide bonds. The summed E-state index contributed by atoms with van der Waals surface area (Å²) in [7, 11) is 1.34. The summed E-state index contributed by atoms with van der Waals surface area (Å²) < 4.78 is 9.83. The van der Waals surface area contributed by atoms with E-state index in [2.05, 4.69) is 0 Å². The van der Waals surface area contributed by atoms with Gasteiger partial charge in [-0.2, -0.15) is 0 Å². The Hall–Kier alpha value is -0.240. The van der Waals surface area contributed by atoms with Crippen LogP contribution < -0.4 is 5.73 Å². The molecule has 1 aliphatic heterocycles. The Kier molecular flexibility index (Phi) is 3.60. The lowest BCUT2D eigenvalue weighted by molar-refractivity contribution is -0.287. The van der Waals surface area contributed by atoms with Crippen molar-refractivity contribution in [1.29, 1.82) is 0 Å². The van der Waals surface area contributed by atoms with Crippen LogP contribution in [0.5, 0.6) is 0 Å². The molecule has 0 aromatic carbocycles. The molecule has 0 aromatic heterocycles. The molecule has 0 unspecified atom stereocenters. The monoisotopic (exact) mass is 193 g/mol. The van der Waals surface area contributed by atoms with Gasteiger partial charge in [0.1, 0.15) is 24.4 Å². The van der Waals surface area contributed by atoms with Crippen molar-refractivity contribution in [2.75, 3.05) is 13.7 Å². The largest absolute Gasteiger partial charge is 0.388 e. The van der Waals surface area contributed by atoms with E-state index in [9.17, 15) is 15.3 Å². The Balaban J connectivity index is 2.66. The van der Waals surface area contributed by atoms with Crippen molar-refractivity contribution in [3.8, 4) is 0 Å². The summed E-state index contributed by atoms with van der Waals surface area (Å²) in [6.07, 6.45) is -5.35. The first-order valence-electron chi connectivity index (χ1n) is 4.04. The number of hydrogen-bond donors (Lipinski definition) is 4. The summed E-state index contributed by atoms with van der Waals surface area (Å²) in [5.74, 6) is 0. The van der Waals surface area contributed by atoms with Crippen LogP contribution in [-0.4, -0.2) is 59.7 Å². The standard InChI is InChI=1S/C7H15NO5/c1-12-7-6(11)5(10)4(9)3(2-8)13-7/h3-7,9-11H,2,8H2,1H3/t3-,4-,5+,6-,7+/m1/s1. The van der Waals surface area contributed by atoms with Crippen LogP contribution in [-0.2, 0) is 9.47 Å². The molecule has 1 rings (SSSR count). The van der Waals surface area contributed by atoms with Gasteiger partial charge in [0.25, 0.3) is 0 Å².